The third kappa shape index (κ3) is 7.44. The second-order valence-electron chi connectivity index (χ2n) is 8.06. The first-order valence-electron chi connectivity index (χ1n) is 10.1. The van der Waals surface area contributed by atoms with Crippen molar-refractivity contribution in [2.24, 2.45) is 5.92 Å². The Kier molecular flexibility index (Phi) is 8.69. The topological polar surface area (TPSA) is 152 Å². The normalized spacial score (nSPS) is 19.4. The van der Waals surface area contributed by atoms with E-state index in [4.69, 9.17) is 9.47 Å². The van der Waals surface area contributed by atoms with Crippen LogP contribution in [0.5, 0.6) is 0 Å². The van der Waals surface area contributed by atoms with E-state index >= 15 is 0 Å². The summed E-state index contributed by atoms with van der Waals surface area (Å²) in [4.78, 5) is 49.5. The molecule has 0 saturated carbocycles. The van der Waals surface area contributed by atoms with E-state index in [0.717, 1.165) is 6.42 Å². The molecular weight excluding hydrogens is 408 g/mol. The number of rotatable bonds is 13. The van der Waals surface area contributed by atoms with Gasteiger partial charge in [0, 0.05) is 13.2 Å². The van der Waals surface area contributed by atoms with Crippen LogP contribution >= 0.6 is 0 Å². The second-order valence-corrected chi connectivity index (χ2v) is 8.06. The van der Waals surface area contributed by atoms with E-state index in [2.05, 4.69) is 25.6 Å². The molecule has 11 heteroatoms. The largest absolute Gasteiger partial charge is 0.382 e. The first-order chi connectivity index (χ1) is 14.7. The Labute approximate surface area is 180 Å². The Morgan fingerprint density at radius 3 is 2.45 bits per heavy atom. The molecule has 172 valence electrons. The lowest BCUT2D eigenvalue weighted by Gasteiger charge is -2.21. The van der Waals surface area contributed by atoms with Crippen molar-refractivity contribution in [3.63, 3.8) is 0 Å². The number of aromatic nitrogens is 1. The molecule has 1 unspecified atom stereocenters. The van der Waals surface area contributed by atoms with Gasteiger partial charge in [0.2, 0.25) is 11.8 Å². The summed E-state index contributed by atoms with van der Waals surface area (Å²) in [6.45, 7) is 5.62. The molecule has 1 aromatic rings. The number of nitrogens with zero attached hydrogens (tertiary/aromatic N) is 1. The zero-order chi connectivity index (χ0) is 23.0. The lowest BCUT2D eigenvalue weighted by Crippen LogP contribution is -2.53. The smallest absolute Gasteiger partial charge is 0.274 e. The number of Topliss-reactive ketones (excluding diaryl/α,β-unsaturated/α-hetero) is 1. The zero-order valence-corrected chi connectivity index (χ0v) is 18.2. The molecule has 0 bridgehead atoms. The van der Waals surface area contributed by atoms with Crippen molar-refractivity contribution < 1.29 is 33.2 Å². The number of hydrogen-bond acceptors (Lipinski definition) is 8. The highest BCUT2D eigenvalue weighted by atomic mass is 16.6. The number of carbonyl (C=O) groups excluding carboxylic acids is 4. The van der Waals surface area contributed by atoms with Crippen molar-refractivity contribution >= 4 is 23.5 Å². The summed E-state index contributed by atoms with van der Waals surface area (Å²) in [5, 5.41) is 11.1. The van der Waals surface area contributed by atoms with Gasteiger partial charge in [0.1, 0.15) is 17.9 Å². The second kappa shape index (κ2) is 11.0. The van der Waals surface area contributed by atoms with Gasteiger partial charge in [-0.3, -0.25) is 19.2 Å². The minimum Gasteiger partial charge on any atom is -0.382 e. The van der Waals surface area contributed by atoms with Gasteiger partial charge in [-0.05, 0) is 25.7 Å². The van der Waals surface area contributed by atoms with Crippen LogP contribution in [-0.2, 0) is 23.9 Å². The van der Waals surface area contributed by atoms with Crippen molar-refractivity contribution in [3.8, 4) is 0 Å². The van der Waals surface area contributed by atoms with Gasteiger partial charge < -0.3 is 29.9 Å². The fraction of sp³-hybridized carbons (Fsp3) is 0.650. The molecule has 1 aromatic heterocycles. The number of epoxide rings is 1. The predicted molar refractivity (Wildman–Crippen MR) is 108 cm³/mol. The standard InChI is InChI=1S/C20H30N4O7/c1-12(2)5-6-13(17(26)20(3)11-30-20)22-16(25)9-21-18(27)15(10-29-4)23-19(28)14-7-8-31-24-14/h7-8,12-13,15H,5-6,9-11H2,1-4H3,(H,21,27)(H,22,25)(H,23,28)/t13-,15-,20?/m0/s1. The summed E-state index contributed by atoms with van der Waals surface area (Å²) in [5.41, 5.74) is -0.846. The monoisotopic (exact) mass is 438 g/mol. The Hall–Kier alpha value is -2.79. The summed E-state index contributed by atoms with van der Waals surface area (Å²) < 4.78 is 14.8. The number of carbonyl (C=O) groups is 4. The molecular formula is C20H30N4O7. The maximum absolute atomic E-state index is 12.6. The van der Waals surface area contributed by atoms with Crippen molar-refractivity contribution in [2.45, 2.75) is 51.3 Å². The van der Waals surface area contributed by atoms with Crippen LogP contribution in [0.3, 0.4) is 0 Å². The van der Waals surface area contributed by atoms with Crippen LogP contribution in [0.4, 0.5) is 0 Å². The number of methoxy groups -OCH3 is 1. The Bertz CT molecular complexity index is 775. The summed E-state index contributed by atoms with van der Waals surface area (Å²) in [6, 6.07) is -0.386. The van der Waals surface area contributed by atoms with Crippen LogP contribution in [0.15, 0.2) is 16.9 Å². The van der Waals surface area contributed by atoms with Crippen LogP contribution in [0, 0.1) is 5.92 Å². The molecule has 0 spiro atoms. The Balaban J connectivity index is 1.89. The highest BCUT2D eigenvalue weighted by molar-refractivity contribution is 5.98. The van der Waals surface area contributed by atoms with Crippen molar-refractivity contribution in [1.29, 1.82) is 0 Å². The van der Waals surface area contributed by atoms with E-state index in [1.807, 2.05) is 13.8 Å². The third-order valence-electron chi connectivity index (χ3n) is 4.83. The van der Waals surface area contributed by atoms with E-state index in [0.29, 0.717) is 18.9 Å². The number of ketones is 1. The number of amides is 3. The molecule has 0 aliphatic carbocycles. The lowest BCUT2D eigenvalue weighted by molar-refractivity contribution is -0.131. The average molecular weight is 438 g/mol. The third-order valence-corrected chi connectivity index (χ3v) is 4.83. The molecule has 1 saturated heterocycles. The molecule has 31 heavy (non-hydrogen) atoms. The molecule has 1 aliphatic heterocycles. The van der Waals surface area contributed by atoms with Crippen LogP contribution < -0.4 is 16.0 Å². The molecule has 1 fully saturated rings. The highest BCUT2D eigenvalue weighted by Gasteiger charge is 2.49. The van der Waals surface area contributed by atoms with Gasteiger partial charge in [0.05, 0.1) is 25.8 Å². The minimum atomic E-state index is -1.04. The van der Waals surface area contributed by atoms with Crippen LogP contribution in [0.2, 0.25) is 0 Å². The average Bonchev–Trinajstić information content (AvgIpc) is 3.24. The van der Waals surface area contributed by atoms with E-state index in [1.54, 1.807) is 6.92 Å². The SMILES string of the molecule is COC[C@H](NC(=O)c1ccon1)C(=O)NCC(=O)N[C@@H](CCC(C)C)C(=O)C1(C)CO1. The summed E-state index contributed by atoms with van der Waals surface area (Å²) in [5.74, 6) is -1.56. The fourth-order valence-corrected chi connectivity index (χ4v) is 2.84. The van der Waals surface area contributed by atoms with Gasteiger partial charge in [-0.15, -0.1) is 0 Å². The molecule has 3 N–H and O–H groups in total. The molecule has 1 aliphatic rings. The fourth-order valence-electron chi connectivity index (χ4n) is 2.84. The van der Waals surface area contributed by atoms with Gasteiger partial charge >= 0.3 is 0 Å². The molecule has 0 radical (unpaired) electrons. The lowest BCUT2D eigenvalue weighted by atomic mass is 9.94. The number of ether oxygens (including phenoxy) is 2. The summed E-state index contributed by atoms with van der Waals surface area (Å²) in [7, 11) is 1.38. The molecule has 2 heterocycles. The van der Waals surface area contributed by atoms with Gasteiger partial charge in [-0.25, -0.2) is 0 Å². The maximum atomic E-state index is 12.6. The molecule has 2 rings (SSSR count). The minimum absolute atomic E-state index is 0.00828. The van der Waals surface area contributed by atoms with E-state index in [1.165, 1.54) is 19.4 Å². The molecule has 11 nitrogen and oxygen atoms in total. The maximum Gasteiger partial charge on any atom is 0.274 e. The van der Waals surface area contributed by atoms with Gasteiger partial charge in [0.25, 0.3) is 5.91 Å². The highest BCUT2D eigenvalue weighted by Crippen LogP contribution is 2.29. The number of nitrogens with one attached hydrogen (secondary N) is 3. The Morgan fingerprint density at radius 1 is 1.19 bits per heavy atom. The summed E-state index contributed by atoms with van der Waals surface area (Å²) >= 11 is 0. The van der Waals surface area contributed by atoms with Crippen molar-refractivity contribution in [1.82, 2.24) is 21.1 Å². The van der Waals surface area contributed by atoms with Crippen molar-refractivity contribution in [3.05, 3.63) is 18.0 Å². The van der Waals surface area contributed by atoms with E-state index in [-0.39, 0.29) is 24.6 Å². The molecule has 3 amide bonds. The molecule has 0 aromatic carbocycles. The first-order valence-corrected chi connectivity index (χ1v) is 10.1. The molecule has 3 atom stereocenters. The van der Waals surface area contributed by atoms with E-state index in [9.17, 15) is 19.2 Å². The summed E-state index contributed by atoms with van der Waals surface area (Å²) in [6.07, 6.45) is 2.47. The zero-order valence-electron chi connectivity index (χ0n) is 18.2. The van der Waals surface area contributed by atoms with Crippen molar-refractivity contribution in [2.75, 3.05) is 26.9 Å². The predicted octanol–water partition coefficient (Wildman–Crippen LogP) is -0.185. The van der Waals surface area contributed by atoms with Crippen LogP contribution in [-0.4, -0.2) is 73.2 Å². The van der Waals surface area contributed by atoms with Crippen LogP contribution in [0.1, 0.15) is 44.1 Å². The van der Waals surface area contributed by atoms with E-state index < -0.39 is 35.4 Å². The van der Waals surface area contributed by atoms with Gasteiger partial charge in [-0.1, -0.05) is 19.0 Å². The van der Waals surface area contributed by atoms with Crippen LogP contribution in [0.25, 0.3) is 0 Å². The number of hydrogen-bond donors (Lipinski definition) is 3. The van der Waals surface area contributed by atoms with Gasteiger partial charge in [-0.2, -0.15) is 0 Å². The Morgan fingerprint density at radius 2 is 1.90 bits per heavy atom. The van der Waals surface area contributed by atoms with Gasteiger partial charge in [0.15, 0.2) is 11.5 Å². The quantitative estimate of drug-likeness (QED) is 0.359. The first kappa shape index (κ1) is 24.5.